The van der Waals surface area contributed by atoms with Crippen molar-refractivity contribution in [3.8, 4) is 0 Å². The third-order valence-electron chi connectivity index (χ3n) is 2.69. The lowest BCUT2D eigenvalue weighted by atomic mass is 10.1. The summed E-state index contributed by atoms with van der Waals surface area (Å²) < 4.78 is 12.6. The maximum atomic E-state index is 12.6. The number of rotatable bonds is 3. The normalized spacial score (nSPS) is 29.8. The van der Waals surface area contributed by atoms with Crippen molar-refractivity contribution in [1.82, 2.24) is 0 Å². The molecule has 14 heavy (non-hydrogen) atoms. The summed E-state index contributed by atoms with van der Waals surface area (Å²) in [5.41, 5.74) is -0.619. The maximum absolute atomic E-state index is 12.6. The first-order valence-corrected chi connectivity index (χ1v) is 4.10. The molecule has 0 amide bonds. The van der Waals surface area contributed by atoms with Gasteiger partial charge in [0.25, 0.3) is 0 Å². The van der Waals surface area contributed by atoms with Crippen LogP contribution in [0.2, 0.25) is 0 Å². The fourth-order valence-corrected chi connectivity index (χ4v) is 1.67. The largest absolute Gasteiger partial charge is 0.550 e. The number of aliphatic carboxylic acids is 2. The van der Waals surface area contributed by atoms with E-state index in [-0.39, 0.29) is 0 Å². The predicted octanol–water partition coefficient (Wildman–Crippen LogP) is -0.0535. The van der Waals surface area contributed by atoms with Crippen molar-refractivity contribution in [3.63, 3.8) is 0 Å². The van der Waals surface area contributed by atoms with Gasteiger partial charge in [-0.2, -0.15) is 4.39 Å². The highest BCUT2D eigenvalue weighted by Crippen LogP contribution is 2.59. The Labute approximate surface area is 80.0 Å². The molecule has 1 saturated carbocycles. The first-order valence-electron chi connectivity index (χ1n) is 4.10. The maximum Gasteiger partial charge on any atom is 0.364 e. The Morgan fingerprint density at radius 2 is 2.00 bits per heavy atom. The summed E-state index contributed by atoms with van der Waals surface area (Å²) in [6, 6.07) is 0. The van der Waals surface area contributed by atoms with Gasteiger partial charge in [0.15, 0.2) is 0 Å². The van der Waals surface area contributed by atoms with Crippen molar-refractivity contribution in [3.05, 3.63) is 11.9 Å². The number of carbonyl (C=O) groups excluding carboxylic acids is 1. The van der Waals surface area contributed by atoms with Crippen LogP contribution in [0.5, 0.6) is 0 Å². The Morgan fingerprint density at radius 3 is 2.29 bits per heavy atom. The number of carboxylic acids is 2. The highest BCUT2D eigenvalue weighted by Gasteiger charge is 2.57. The van der Waals surface area contributed by atoms with Gasteiger partial charge in [-0.25, -0.2) is 4.79 Å². The molecule has 0 spiro atoms. The van der Waals surface area contributed by atoms with E-state index in [0.29, 0.717) is 0 Å². The average molecular weight is 201 g/mol. The van der Waals surface area contributed by atoms with Gasteiger partial charge in [0.05, 0.1) is 0 Å². The van der Waals surface area contributed by atoms with E-state index in [2.05, 4.69) is 0 Å². The van der Waals surface area contributed by atoms with E-state index in [9.17, 15) is 19.1 Å². The molecule has 0 bridgehead atoms. The third-order valence-corrected chi connectivity index (χ3v) is 2.69. The second-order valence-corrected chi connectivity index (χ2v) is 3.96. The molecule has 1 aliphatic carbocycles. The highest BCUT2D eigenvalue weighted by atomic mass is 19.1. The summed E-state index contributed by atoms with van der Waals surface area (Å²) >= 11 is 0. The molecule has 2 atom stereocenters. The molecule has 1 N–H and O–H groups in total. The number of allylic oxidation sites excluding steroid dienone is 1. The topological polar surface area (TPSA) is 77.4 Å². The van der Waals surface area contributed by atoms with E-state index in [1.807, 2.05) is 0 Å². The first kappa shape index (κ1) is 10.7. The Bertz CT molecular complexity index is 319. The molecule has 0 aromatic carbocycles. The molecule has 0 aromatic heterocycles. The van der Waals surface area contributed by atoms with Gasteiger partial charge in [-0.05, 0) is 17.4 Å². The molecule has 1 fully saturated rings. The molecule has 0 saturated heterocycles. The van der Waals surface area contributed by atoms with Crippen LogP contribution in [0.1, 0.15) is 13.8 Å². The van der Waals surface area contributed by atoms with Crippen molar-refractivity contribution < 1.29 is 24.2 Å². The average Bonchev–Trinajstić information content (AvgIpc) is 2.52. The van der Waals surface area contributed by atoms with Gasteiger partial charge in [-0.3, -0.25) is 0 Å². The van der Waals surface area contributed by atoms with Crippen LogP contribution in [0, 0.1) is 17.3 Å². The molecule has 0 radical (unpaired) electrons. The van der Waals surface area contributed by atoms with Crippen molar-refractivity contribution in [2.75, 3.05) is 0 Å². The molecule has 5 heteroatoms. The zero-order valence-electron chi connectivity index (χ0n) is 7.78. The molecule has 2 unspecified atom stereocenters. The van der Waals surface area contributed by atoms with Crippen molar-refractivity contribution in [2.45, 2.75) is 13.8 Å². The van der Waals surface area contributed by atoms with E-state index >= 15 is 0 Å². The van der Waals surface area contributed by atoms with Crippen LogP contribution in [0.3, 0.4) is 0 Å². The minimum absolute atomic E-state index is 0.594. The SMILES string of the molecule is CC1(C)C(/C=C(/F)C(=O)O)C1C(=O)[O-]. The first-order chi connectivity index (χ1) is 6.28. The van der Waals surface area contributed by atoms with Crippen LogP contribution < -0.4 is 5.11 Å². The van der Waals surface area contributed by atoms with Crippen LogP contribution in [-0.2, 0) is 9.59 Å². The fourth-order valence-electron chi connectivity index (χ4n) is 1.67. The predicted molar refractivity (Wildman–Crippen MR) is 42.6 cm³/mol. The minimum atomic E-state index is -1.68. The molecule has 1 rings (SSSR count). The molecular weight excluding hydrogens is 191 g/mol. The van der Waals surface area contributed by atoms with Gasteiger partial charge in [0.1, 0.15) is 0 Å². The monoisotopic (exact) mass is 201 g/mol. The van der Waals surface area contributed by atoms with Gasteiger partial charge >= 0.3 is 5.97 Å². The van der Waals surface area contributed by atoms with E-state index in [4.69, 9.17) is 5.11 Å². The standard InChI is InChI=1S/C9H11FO4/c1-9(2)4(6(9)8(13)14)3-5(10)7(11)12/h3-4,6H,1-2H3,(H,11,12)(H,13,14)/p-1/b5-3+. The van der Waals surface area contributed by atoms with Crippen molar-refractivity contribution in [2.24, 2.45) is 17.3 Å². The summed E-state index contributed by atoms with van der Waals surface area (Å²) in [6.45, 7) is 3.26. The van der Waals surface area contributed by atoms with Gasteiger partial charge in [0.2, 0.25) is 5.83 Å². The van der Waals surface area contributed by atoms with Crippen LogP contribution >= 0.6 is 0 Å². The lowest BCUT2D eigenvalue weighted by Gasteiger charge is -2.01. The van der Waals surface area contributed by atoms with Crippen LogP contribution in [0.4, 0.5) is 4.39 Å². The van der Waals surface area contributed by atoms with E-state index in [1.165, 1.54) is 0 Å². The number of carbonyl (C=O) groups is 2. The molecule has 1 aliphatic rings. The number of hydrogen-bond acceptors (Lipinski definition) is 3. The molecule has 78 valence electrons. The van der Waals surface area contributed by atoms with E-state index < -0.39 is 35.0 Å². The van der Waals surface area contributed by atoms with Crippen LogP contribution in [0.25, 0.3) is 0 Å². The fraction of sp³-hybridized carbons (Fsp3) is 0.556. The Balaban J connectivity index is 2.80. The molecule has 0 aliphatic heterocycles. The molecular formula is C9H10FO4-. The number of halogens is 1. The lowest BCUT2D eigenvalue weighted by molar-refractivity contribution is -0.309. The second-order valence-electron chi connectivity index (χ2n) is 3.96. The zero-order valence-corrected chi connectivity index (χ0v) is 7.78. The highest BCUT2D eigenvalue weighted by molar-refractivity contribution is 5.84. The smallest absolute Gasteiger partial charge is 0.364 e. The van der Waals surface area contributed by atoms with Crippen molar-refractivity contribution in [1.29, 1.82) is 0 Å². The molecule has 4 nitrogen and oxygen atoms in total. The van der Waals surface area contributed by atoms with Crippen molar-refractivity contribution >= 4 is 11.9 Å². The zero-order chi connectivity index (χ0) is 11.1. The van der Waals surface area contributed by atoms with E-state index in [1.54, 1.807) is 13.8 Å². The Morgan fingerprint density at radius 1 is 1.50 bits per heavy atom. The quantitative estimate of drug-likeness (QED) is 0.649. The van der Waals surface area contributed by atoms with E-state index in [0.717, 1.165) is 6.08 Å². The Kier molecular flexibility index (Phi) is 2.35. The summed E-state index contributed by atoms with van der Waals surface area (Å²) in [4.78, 5) is 20.7. The number of hydrogen-bond donors (Lipinski definition) is 1. The van der Waals surface area contributed by atoms with Gasteiger partial charge < -0.3 is 15.0 Å². The van der Waals surface area contributed by atoms with Crippen LogP contribution in [-0.4, -0.2) is 17.0 Å². The lowest BCUT2D eigenvalue weighted by Crippen LogP contribution is -2.26. The third kappa shape index (κ3) is 1.62. The molecule has 0 heterocycles. The van der Waals surface area contributed by atoms with Crippen LogP contribution in [0.15, 0.2) is 11.9 Å². The number of carboxylic acid groups (broad SMARTS) is 2. The van der Waals surface area contributed by atoms with Gasteiger partial charge in [-0.1, -0.05) is 13.8 Å². The summed E-state index contributed by atoms with van der Waals surface area (Å²) in [5.74, 6) is -5.65. The minimum Gasteiger partial charge on any atom is -0.550 e. The second kappa shape index (κ2) is 3.08. The van der Waals surface area contributed by atoms with Gasteiger partial charge in [-0.15, -0.1) is 0 Å². The van der Waals surface area contributed by atoms with Gasteiger partial charge in [0, 0.05) is 11.9 Å². The Hall–Kier alpha value is -1.39. The summed E-state index contributed by atoms with van der Waals surface area (Å²) in [7, 11) is 0. The summed E-state index contributed by atoms with van der Waals surface area (Å²) in [5, 5.41) is 18.8. The molecule has 0 aromatic rings. The summed E-state index contributed by atoms with van der Waals surface area (Å²) in [6.07, 6.45) is 0.836.